The summed E-state index contributed by atoms with van der Waals surface area (Å²) >= 11 is 6.97. The van der Waals surface area contributed by atoms with E-state index in [0.29, 0.717) is 21.3 Å². The highest BCUT2D eigenvalue weighted by Crippen LogP contribution is 2.44. The first-order valence-electron chi connectivity index (χ1n) is 4.52. The van der Waals surface area contributed by atoms with Crippen LogP contribution in [0.4, 0.5) is 18.9 Å². The summed E-state index contributed by atoms with van der Waals surface area (Å²) in [4.78, 5) is 0.700. The molecule has 1 aliphatic rings. The molecule has 0 aromatic carbocycles. The third-order valence-corrected chi connectivity index (χ3v) is 4.22. The van der Waals surface area contributed by atoms with E-state index in [1.165, 1.54) is 11.3 Å². The molecule has 1 atom stereocenters. The fourth-order valence-electron chi connectivity index (χ4n) is 1.86. The molecule has 84 valence electrons. The molecule has 1 heterocycles. The molecular formula is C9H9ClF3NS. The molecule has 0 radical (unpaired) electrons. The second-order valence-corrected chi connectivity index (χ2v) is 5.38. The van der Waals surface area contributed by atoms with Gasteiger partial charge < -0.3 is 5.73 Å². The fourth-order valence-corrected chi connectivity index (χ4v) is 3.32. The van der Waals surface area contributed by atoms with Gasteiger partial charge in [0.2, 0.25) is 0 Å². The Morgan fingerprint density at radius 3 is 2.67 bits per heavy atom. The Balaban J connectivity index is 2.28. The number of halogens is 4. The van der Waals surface area contributed by atoms with Crippen LogP contribution in [0.3, 0.4) is 0 Å². The number of alkyl halides is 3. The van der Waals surface area contributed by atoms with Crippen LogP contribution in [0.2, 0.25) is 4.34 Å². The number of anilines is 1. The Kier molecular flexibility index (Phi) is 2.63. The number of fused-ring (bicyclic) bond motifs is 1. The number of rotatable bonds is 0. The average Bonchev–Trinajstić information content (AvgIpc) is 2.41. The highest BCUT2D eigenvalue weighted by atomic mass is 35.5. The first-order chi connectivity index (χ1) is 6.89. The largest absolute Gasteiger partial charge is 0.397 e. The summed E-state index contributed by atoms with van der Waals surface area (Å²) in [7, 11) is 0. The average molecular weight is 256 g/mol. The van der Waals surface area contributed by atoms with E-state index < -0.39 is 12.1 Å². The third-order valence-electron chi connectivity index (χ3n) is 2.72. The zero-order valence-corrected chi connectivity index (χ0v) is 9.27. The number of hydrogen-bond acceptors (Lipinski definition) is 2. The van der Waals surface area contributed by atoms with E-state index in [-0.39, 0.29) is 12.8 Å². The van der Waals surface area contributed by atoms with Gasteiger partial charge in [-0.15, -0.1) is 11.3 Å². The Bertz CT molecular complexity index is 385. The van der Waals surface area contributed by atoms with Gasteiger partial charge in [-0.1, -0.05) is 11.6 Å². The second-order valence-electron chi connectivity index (χ2n) is 3.67. The van der Waals surface area contributed by atoms with Crippen LogP contribution in [0, 0.1) is 5.92 Å². The molecule has 1 nitrogen and oxygen atoms in total. The smallest absolute Gasteiger partial charge is 0.392 e. The Labute approximate surface area is 94.0 Å². The highest BCUT2D eigenvalue weighted by Gasteiger charge is 2.42. The summed E-state index contributed by atoms with van der Waals surface area (Å²) in [5.74, 6) is -1.24. The van der Waals surface area contributed by atoms with Gasteiger partial charge >= 0.3 is 6.18 Å². The normalized spacial score (nSPS) is 21.5. The van der Waals surface area contributed by atoms with Gasteiger partial charge in [-0.2, -0.15) is 13.2 Å². The molecule has 0 aliphatic heterocycles. The van der Waals surface area contributed by atoms with Crippen LogP contribution in [0.1, 0.15) is 16.9 Å². The van der Waals surface area contributed by atoms with Gasteiger partial charge in [0.15, 0.2) is 0 Å². The topological polar surface area (TPSA) is 26.0 Å². The maximum atomic E-state index is 12.5. The minimum atomic E-state index is -4.11. The summed E-state index contributed by atoms with van der Waals surface area (Å²) < 4.78 is 37.9. The van der Waals surface area contributed by atoms with Gasteiger partial charge in [0.05, 0.1) is 11.6 Å². The van der Waals surface area contributed by atoms with Gasteiger partial charge in [0.1, 0.15) is 4.34 Å². The fraction of sp³-hybridized carbons (Fsp3) is 0.556. The maximum Gasteiger partial charge on any atom is 0.392 e. The SMILES string of the molecule is Nc1c(Cl)sc2c1CCC(C(F)(F)F)C2. The molecule has 2 rings (SSSR count). The number of nitrogen functional groups attached to an aromatic ring is 1. The maximum absolute atomic E-state index is 12.5. The lowest BCUT2D eigenvalue weighted by Crippen LogP contribution is -2.28. The lowest BCUT2D eigenvalue weighted by molar-refractivity contribution is -0.176. The van der Waals surface area contributed by atoms with E-state index in [0.717, 1.165) is 5.56 Å². The van der Waals surface area contributed by atoms with Crippen molar-refractivity contribution in [1.29, 1.82) is 0 Å². The molecule has 0 amide bonds. The van der Waals surface area contributed by atoms with Gasteiger partial charge in [-0.3, -0.25) is 0 Å². The third kappa shape index (κ3) is 1.95. The van der Waals surface area contributed by atoms with Crippen molar-refractivity contribution in [2.75, 3.05) is 5.73 Å². The quantitative estimate of drug-likeness (QED) is 0.752. The van der Waals surface area contributed by atoms with Crippen LogP contribution in [0.5, 0.6) is 0 Å². The van der Waals surface area contributed by atoms with Gasteiger partial charge in [0.25, 0.3) is 0 Å². The molecule has 1 aliphatic carbocycles. The van der Waals surface area contributed by atoms with Crippen molar-refractivity contribution in [3.8, 4) is 0 Å². The van der Waals surface area contributed by atoms with Gasteiger partial charge in [-0.25, -0.2) is 0 Å². The Morgan fingerprint density at radius 1 is 1.40 bits per heavy atom. The van der Waals surface area contributed by atoms with Crippen molar-refractivity contribution < 1.29 is 13.2 Å². The zero-order valence-electron chi connectivity index (χ0n) is 7.70. The molecule has 1 aromatic rings. The van der Waals surface area contributed by atoms with E-state index >= 15 is 0 Å². The lowest BCUT2D eigenvalue weighted by Gasteiger charge is -2.24. The van der Waals surface area contributed by atoms with E-state index in [4.69, 9.17) is 17.3 Å². The second kappa shape index (κ2) is 3.56. The van der Waals surface area contributed by atoms with E-state index in [1.54, 1.807) is 0 Å². The molecule has 0 saturated heterocycles. The van der Waals surface area contributed by atoms with Crippen LogP contribution >= 0.6 is 22.9 Å². The van der Waals surface area contributed by atoms with Crippen LogP contribution in [-0.2, 0) is 12.8 Å². The molecule has 0 saturated carbocycles. The summed E-state index contributed by atoms with van der Waals surface area (Å²) in [6.07, 6.45) is -3.58. The Hall–Kier alpha value is -0.420. The number of thiophene rings is 1. The van der Waals surface area contributed by atoms with Gasteiger partial charge in [-0.05, 0) is 24.8 Å². The summed E-state index contributed by atoms with van der Waals surface area (Å²) in [6.45, 7) is 0. The molecule has 0 bridgehead atoms. The first kappa shape index (κ1) is 11.1. The minimum absolute atomic E-state index is 0.0282. The van der Waals surface area contributed by atoms with Crippen molar-refractivity contribution in [3.63, 3.8) is 0 Å². The van der Waals surface area contributed by atoms with Crippen LogP contribution in [0.15, 0.2) is 0 Å². The summed E-state index contributed by atoms with van der Waals surface area (Å²) in [5, 5.41) is 0. The van der Waals surface area contributed by atoms with Crippen molar-refractivity contribution in [3.05, 3.63) is 14.8 Å². The summed E-state index contributed by atoms with van der Waals surface area (Å²) in [6, 6.07) is 0. The molecular weight excluding hydrogens is 247 g/mol. The lowest BCUT2D eigenvalue weighted by atomic mass is 9.88. The van der Waals surface area contributed by atoms with Crippen molar-refractivity contribution in [2.45, 2.75) is 25.4 Å². The number of hydrogen-bond donors (Lipinski definition) is 1. The first-order valence-corrected chi connectivity index (χ1v) is 5.71. The molecule has 1 aromatic heterocycles. The van der Waals surface area contributed by atoms with Crippen LogP contribution in [-0.4, -0.2) is 6.18 Å². The van der Waals surface area contributed by atoms with Crippen molar-refractivity contribution in [1.82, 2.24) is 0 Å². The van der Waals surface area contributed by atoms with Crippen molar-refractivity contribution >= 4 is 28.6 Å². The monoisotopic (exact) mass is 255 g/mol. The molecule has 15 heavy (non-hydrogen) atoms. The predicted octanol–water partition coefficient (Wildman–Crippen LogP) is 3.65. The van der Waals surface area contributed by atoms with Crippen LogP contribution < -0.4 is 5.73 Å². The standard InChI is InChI=1S/C9H9ClF3NS/c10-8-7(14)5-2-1-4(9(11,12)13)3-6(5)15-8/h4H,1-3,14H2. The van der Waals surface area contributed by atoms with E-state index in [1.807, 2.05) is 0 Å². The van der Waals surface area contributed by atoms with Crippen molar-refractivity contribution in [2.24, 2.45) is 5.92 Å². The molecule has 0 spiro atoms. The van der Waals surface area contributed by atoms with E-state index in [2.05, 4.69) is 0 Å². The Morgan fingerprint density at radius 2 is 2.07 bits per heavy atom. The highest BCUT2D eigenvalue weighted by molar-refractivity contribution is 7.17. The minimum Gasteiger partial charge on any atom is -0.397 e. The van der Waals surface area contributed by atoms with Gasteiger partial charge in [0, 0.05) is 4.88 Å². The summed E-state index contributed by atoms with van der Waals surface area (Å²) in [5.41, 5.74) is 6.97. The molecule has 1 unspecified atom stereocenters. The van der Waals surface area contributed by atoms with E-state index in [9.17, 15) is 13.2 Å². The van der Waals surface area contributed by atoms with Crippen LogP contribution in [0.25, 0.3) is 0 Å². The zero-order chi connectivity index (χ0) is 11.2. The number of nitrogens with two attached hydrogens (primary N) is 1. The predicted molar refractivity (Wildman–Crippen MR) is 55.3 cm³/mol. The molecule has 6 heteroatoms. The molecule has 0 fully saturated rings. The molecule has 2 N–H and O–H groups in total.